The minimum Gasteiger partial charge on any atom is -0.465 e. The highest BCUT2D eigenvalue weighted by molar-refractivity contribution is 7.89. The van der Waals surface area contributed by atoms with Crippen LogP contribution in [0.15, 0.2) is 23.1 Å². The van der Waals surface area contributed by atoms with E-state index in [9.17, 15) is 13.2 Å². The highest BCUT2D eigenvalue weighted by atomic mass is 32.2. The number of rotatable bonds is 3. The summed E-state index contributed by atoms with van der Waals surface area (Å²) in [6.07, 6.45) is 0. The van der Waals surface area contributed by atoms with Gasteiger partial charge in [0.05, 0.1) is 17.6 Å². The van der Waals surface area contributed by atoms with Gasteiger partial charge in [0.15, 0.2) is 5.82 Å². The Hall–Kier alpha value is -2.32. The van der Waals surface area contributed by atoms with E-state index in [-0.39, 0.29) is 21.8 Å². The molecule has 2 N–H and O–H groups in total. The molecule has 23 heavy (non-hydrogen) atoms. The molecule has 1 heterocycles. The van der Waals surface area contributed by atoms with Crippen molar-refractivity contribution in [1.29, 1.82) is 0 Å². The zero-order valence-corrected chi connectivity index (χ0v) is 14.1. The van der Waals surface area contributed by atoms with Gasteiger partial charge < -0.3 is 4.74 Å². The van der Waals surface area contributed by atoms with Gasteiger partial charge in [-0.1, -0.05) is 12.1 Å². The third kappa shape index (κ3) is 3.22. The van der Waals surface area contributed by atoms with Gasteiger partial charge in [-0.15, -0.1) is 0 Å². The van der Waals surface area contributed by atoms with Crippen LogP contribution in [-0.4, -0.2) is 31.5 Å². The first-order valence-corrected chi connectivity index (χ1v) is 8.27. The molecule has 0 spiro atoms. The first kappa shape index (κ1) is 17.0. The van der Waals surface area contributed by atoms with Crippen molar-refractivity contribution >= 4 is 16.0 Å². The van der Waals surface area contributed by atoms with Crippen molar-refractivity contribution in [2.75, 3.05) is 7.11 Å². The van der Waals surface area contributed by atoms with Crippen molar-refractivity contribution in [2.45, 2.75) is 25.7 Å². The van der Waals surface area contributed by atoms with Crippen LogP contribution in [-0.2, 0) is 14.8 Å². The number of nitrogens with zero attached hydrogens (tertiary/aromatic N) is 2. The molecule has 7 nitrogen and oxygen atoms in total. The second-order valence-electron chi connectivity index (χ2n) is 5.06. The Labute approximate surface area is 134 Å². The fraction of sp³-hybridized carbons (Fsp3) is 0.267. The number of benzene rings is 1. The molecule has 0 radical (unpaired) electrons. The minimum atomic E-state index is -4.10. The lowest BCUT2D eigenvalue weighted by atomic mass is 10.1. The second-order valence-corrected chi connectivity index (χ2v) is 6.59. The smallest absolute Gasteiger partial charge is 0.339 e. The number of carbonyl (C=O) groups is 1. The molecular weight excluding hydrogens is 318 g/mol. The molecule has 0 aliphatic carbocycles. The maximum absolute atomic E-state index is 12.1. The number of hydrogen-bond donors (Lipinski definition) is 1. The Balaban J connectivity index is 2.85. The Morgan fingerprint density at radius 2 is 1.70 bits per heavy atom. The van der Waals surface area contributed by atoms with E-state index in [0.717, 1.165) is 17.0 Å². The fourth-order valence-electron chi connectivity index (χ4n) is 2.16. The van der Waals surface area contributed by atoms with Crippen molar-refractivity contribution in [2.24, 2.45) is 5.14 Å². The van der Waals surface area contributed by atoms with Gasteiger partial charge in [-0.2, -0.15) is 0 Å². The summed E-state index contributed by atoms with van der Waals surface area (Å²) in [5.74, 6) is -0.569. The van der Waals surface area contributed by atoms with Crippen LogP contribution >= 0.6 is 0 Å². The number of sulfonamides is 1. The number of carbonyl (C=O) groups excluding carboxylic acids is 1. The van der Waals surface area contributed by atoms with Crippen molar-refractivity contribution < 1.29 is 17.9 Å². The number of hydrogen-bond acceptors (Lipinski definition) is 6. The summed E-state index contributed by atoms with van der Waals surface area (Å²) in [5, 5.41) is 5.20. The molecule has 0 aliphatic heterocycles. The average molecular weight is 335 g/mol. The molecule has 8 heteroatoms. The summed E-state index contributed by atoms with van der Waals surface area (Å²) in [4.78, 5) is 20.5. The van der Waals surface area contributed by atoms with Crippen LogP contribution < -0.4 is 5.14 Å². The maximum atomic E-state index is 12.1. The zero-order valence-electron chi connectivity index (χ0n) is 13.2. The minimum absolute atomic E-state index is 0.167. The Morgan fingerprint density at radius 3 is 2.17 bits per heavy atom. The Bertz CT molecular complexity index is 869. The molecule has 122 valence electrons. The van der Waals surface area contributed by atoms with Crippen molar-refractivity contribution in [3.05, 3.63) is 40.7 Å². The number of nitrogens with two attached hydrogens (primary N) is 1. The van der Waals surface area contributed by atoms with Crippen LogP contribution in [0.3, 0.4) is 0 Å². The molecule has 0 saturated carbocycles. The van der Waals surface area contributed by atoms with Crippen LogP contribution in [0.5, 0.6) is 0 Å². The predicted molar refractivity (Wildman–Crippen MR) is 84.4 cm³/mol. The van der Waals surface area contributed by atoms with Crippen LogP contribution in [0.1, 0.15) is 27.3 Å². The lowest BCUT2D eigenvalue weighted by Crippen LogP contribution is -2.18. The van der Waals surface area contributed by atoms with Crippen LogP contribution in [0, 0.1) is 20.8 Å². The molecule has 0 saturated heterocycles. The molecule has 2 rings (SSSR count). The maximum Gasteiger partial charge on any atom is 0.339 e. The van der Waals surface area contributed by atoms with Gasteiger partial charge in [0, 0.05) is 17.0 Å². The van der Waals surface area contributed by atoms with Gasteiger partial charge in [-0.3, -0.25) is 0 Å². The standard InChI is InChI=1S/C15H17N3O4S/c1-8-9(2)17-14(18-10(8)3)11-6-5-7-12(23(16,20)21)13(11)15(19)22-4/h5-7H,1-4H3,(H2,16,20,21). The van der Waals surface area contributed by atoms with Gasteiger partial charge in [-0.25, -0.2) is 28.3 Å². The quantitative estimate of drug-likeness (QED) is 0.851. The average Bonchev–Trinajstić information content (AvgIpc) is 2.49. The molecule has 0 atom stereocenters. The monoisotopic (exact) mass is 335 g/mol. The lowest BCUT2D eigenvalue weighted by molar-refractivity contribution is 0.0597. The molecule has 0 fully saturated rings. The molecule has 0 bridgehead atoms. The normalized spacial score (nSPS) is 11.3. The van der Waals surface area contributed by atoms with Gasteiger partial charge in [0.25, 0.3) is 0 Å². The summed E-state index contributed by atoms with van der Waals surface area (Å²) in [6.45, 7) is 5.51. The van der Waals surface area contributed by atoms with Crippen LogP contribution in [0.4, 0.5) is 0 Å². The summed E-state index contributed by atoms with van der Waals surface area (Å²) in [5.41, 5.74) is 2.50. The highest BCUT2D eigenvalue weighted by Gasteiger charge is 2.25. The SMILES string of the molecule is COC(=O)c1c(-c2nc(C)c(C)c(C)n2)cccc1S(N)(=O)=O. The van der Waals surface area contributed by atoms with Crippen molar-refractivity contribution in [3.63, 3.8) is 0 Å². The number of methoxy groups -OCH3 is 1. The van der Waals surface area contributed by atoms with E-state index < -0.39 is 16.0 Å². The third-order valence-electron chi connectivity index (χ3n) is 3.60. The summed E-state index contributed by atoms with van der Waals surface area (Å²) >= 11 is 0. The number of aryl methyl sites for hydroxylation is 2. The predicted octanol–water partition coefficient (Wildman–Crippen LogP) is 1.50. The summed E-state index contributed by atoms with van der Waals surface area (Å²) < 4.78 is 28.3. The van der Waals surface area contributed by atoms with E-state index in [4.69, 9.17) is 9.88 Å². The lowest BCUT2D eigenvalue weighted by Gasteiger charge is -2.13. The number of ether oxygens (including phenoxy) is 1. The van der Waals surface area contributed by atoms with E-state index in [1.165, 1.54) is 19.2 Å². The summed E-state index contributed by atoms with van der Waals surface area (Å²) in [6, 6.07) is 4.29. The van der Waals surface area contributed by atoms with Gasteiger partial charge in [-0.05, 0) is 32.4 Å². The van der Waals surface area contributed by atoms with E-state index in [2.05, 4.69) is 9.97 Å². The second kappa shape index (κ2) is 6.05. The number of aromatic nitrogens is 2. The third-order valence-corrected chi connectivity index (χ3v) is 4.55. The molecule has 1 aromatic heterocycles. The number of esters is 1. The molecule has 2 aromatic rings. The highest BCUT2D eigenvalue weighted by Crippen LogP contribution is 2.28. The Morgan fingerprint density at radius 1 is 1.13 bits per heavy atom. The van der Waals surface area contributed by atoms with Crippen molar-refractivity contribution in [3.8, 4) is 11.4 Å². The summed E-state index contributed by atoms with van der Waals surface area (Å²) in [7, 11) is -2.94. The van der Waals surface area contributed by atoms with Gasteiger partial charge in [0.2, 0.25) is 10.0 Å². The van der Waals surface area contributed by atoms with Crippen molar-refractivity contribution in [1.82, 2.24) is 9.97 Å². The Kier molecular flexibility index (Phi) is 4.49. The van der Waals surface area contributed by atoms with E-state index >= 15 is 0 Å². The van der Waals surface area contributed by atoms with Crippen LogP contribution in [0.25, 0.3) is 11.4 Å². The molecular formula is C15H17N3O4S. The first-order chi connectivity index (χ1) is 10.7. The molecule has 0 aliphatic rings. The van der Waals surface area contributed by atoms with Gasteiger partial charge in [0.1, 0.15) is 0 Å². The number of primary sulfonamides is 1. The van der Waals surface area contributed by atoms with E-state index in [1.54, 1.807) is 6.07 Å². The zero-order chi connectivity index (χ0) is 17.4. The van der Waals surface area contributed by atoms with Crippen LogP contribution in [0.2, 0.25) is 0 Å². The molecule has 0 unspecified atom stereocenters. The largest absolute Gasteiger partial charge is 0.465 e. The van der Waals surface area contributed by atoms with E-state index in [0.29, 0.717) is 0 Å². The molecule has 1 aromatic carbocycles. The first-order valence-electron chi connectivity index (χ1n) is 6.73. The topological polar surface area (TPSA) is 112 Å². The van der Waals surface area contributed by atoms with Gasteiger partial charge >= 0.3 is 5.97 Å². The molecule has 0 amide bonds. The van der Waals surface area contributed by atoms with E-state index in [1.807, 2.05) is 20.8 Å². The fourth-order valence-corrected chi connectivity index (χ4v) is 2.91.